The summed E-state index contributed by atoms with van der Waals surface area (Å²) in [6.07, 6.45) is -0.681. The summed E-state index contributed by atoms with van der Waals surface area (Å²) in [5.41, 5.74) is 0. The fourth-order valence-corrected chi connectivity index (χ4v) is 0.552. The number of likely N-dealkylation sites (N-methyl/N-ethyl adjacent to an activating group) is 1. The highest BCUT2D eigenvalue weighted by Crippen LogP contribution is 1.96. The number of rotatable bonds is 3. The first-order valence-electron chi connectivity index (χ1n) is 2.98. The molecule has 3 N–H and O–H groups in total. The van der Waals surface area contributed by atoms with E-state index in [-0.39, 0.29) is 13.1 Å². The van der Waals surface area contributed by atoms with Crippen molar-refractivity contribution in [3.63, 3.8) is 0 Å². The zero-order valence-corrected chi connectivity index (χ0v) is 5.78. The van der Waals surface area contributed by atoms with Crippen molar-refractivity contribution >= 4 is 0 Å². The van der Waals surface area contributed by atoms with Crippen LogP contribution in [0.5, 0.6) is 0 Å². The highest BCUT2D eigenvalue weighted by molar-refractivity contribution is 4.37. The number of hydrogen-bond donors (Lipinski definition) is 3. The standard InChI is InChI=1S/C5H14NO3/c1-3-6(8,9)4-5(2)7/h5,7-9H,3-4H2,1-2H3/q+1. The summed E-state index contributed by atoms with van der Waals surface area (Å²) in [5, 5.41) is 26.3. The number of hydroxylamine groups is 4. The van der Waals surface area contributed by atoms with Crippen LogP contribution in [0.15, 0.2) is 0 Å². The highest BCUT2D eigenvalue weighted by atomic mass is 16.8. The molecule has 0 saturated heterocycles. The number of quaternary nitrogens is 1. The lowest BCUT2D eigenvalue weighted by Crippen LogP contribution is -2.45. The summed E-state index contributed by atoms with van der Waals surface area (Å²) in [7, 11) is 0. The van der Waals surface area contributed by atoms with E-state index in [1.165, 1.54) is 6.92 Å². The van der Waals surface area contributed by atoms with Gasteiger partial charge in [-0.2, -0.15) is 10.4 Å². The van der Waals surface area contributed by atoms with Gasteiger partial charge in [-0.1, -0.05) is 0 Å². The fraction of sp³-hybridized carbons (Fsp3) is 1.00. The van der Waals surface area contributed by atoms with Gasteiger partial charge in [0.15, 0.2) is 6.54 Å². The van der Waals surface area contributed by atoms with Gasteiger partial charge in [0.2, 0.25) is 0 Å². The summed E-state index contributed by atoms with van der Waals surface area (Å²) in [5.74, 6) is 0. The van der Waals surface area contributed by atoms with Crippen molar-refractivity contribution in [1.82, 2.24) is 0 Å². The van der Waals surface area contributed by atoms with Crippen molar-refractivity contribution in [2.75, 3.05) is 13.1 Å². The molecule has 0 aliphatic heterocycles. The Morgan fingerprint density at radius 3 is 2.00 bits per heavy atom. The average Bonchev–Trinajstić information content (AvgIpc) is 1.63. The van der Waals surface area contributed by atoms with Gasteiger partial charge >= 0.3 is 0 Å². The van der Waals surface area contributed by atoms with Gasteiger partial charge in [0.05, 0.1) is 0 Å². The summed E-state index contributed by atoms with van der Waals surface area (Å²) in [4.78, 5) is -1.10. The predicted molar refractivity (Wildman–Crippen MR) is 30.9 cm³/mol. The third kappa shape index (κ3) is 4.35. The highest BCUT2D eigenvalue weighted by Gasteiger charge is 2.21. The van der Waals surface area contributed by atoms with E-state index >= 15 is 0 Å². The average molecular weight is 136 g/mol. The molecule has 0 saturated carbocycles. The Labute approximate surface area is 54.5 Å². The van der Waals surface area contributed by atoms with Gasteiger partial charge in [-0.3, -0.25) is 0 Å². The Balaban J connectivity index is 3.58. The van der Waals surface area contributed by atoms with Crippen LogP contribution < -0.4 is 0 Å². The summed E-state index contributed by atoms with van der Waals surface area (Å²) in [6.45, 7) is 3.28. The molecule has 0 aromatic carbocycles. The minimum atomic E-state index is -1.10. The lowest BCUT2D eigenvalue weighted by Gasteiger charge is -2.20. The van der Waals surface area contributed by atoms with E-state index in [0.29, 0.717) is 0 Å². The van der Waals surface area contributed by atoms with E-state index < -0.39 is 10.9 Å². The van der Waals surface area contributed by atoms with Gasteiger partial charge in [0.1, 0.15) is 12.6 Å². The number of nitrogens with zero attached hydrogens (tertiary/aromatic N) is 1. The molecule has 0 rings (SSSR count). The maximum absolute atomic E-state index is 8.83. The van der Waals surface area contributed by atoms with Crippen molar-refractivity contribution in [2.45, 2.75) is 20.0 Å². The van der Waals surface area contributed by atoms with Gasteiger partial charge in [-0.05, 0) is 18.7 Å². The number of aliphatic hydroxyl groups is 1. The molecule has 4 nitrogen and oxygen atoms in total. The zero-order chi connectivity index (χ0) is 7.49. The van der Waals surface area contributed by atoms with Crippen molar-refractivity contribution in [3.8, 4) is 0 Å². The van der Waals surface area contributed by atoms with Crippen LogP contribution in [0.4, 0.5) is 0 Å². The first kappa shape index (κ1) is 8.84. The molecule has 0 aliphatic rings. The van der Waals surface area contributed by atoms with Crippen LogP contribution >= 0.6 is 0 Å². The maximum Gasteiger partial charge on any atom is 0.167 e. The van der Waals surface area contributed by atoms with E-state index in [0.717, 1.165) is 0 Å². The molecule has 0 bridgehead atoms. The topological polar surface area (TPSA) is 60.7 Å². The number of hydrogen-bond acceptors (Lipinski definition) is 3. The normalized spacial score (nSPS) is 15.7. The Kier molecular flexibility index (Phi) is 3.07. The van der Waals surface area contributed by atoms with Crippen molar-refractivity contribution in [3.05, 3.63) is 0 Å². The molecule has 1 atom stereocenters. The first-order chi connectivity index (χ1) is 3.98. The van der Waals surface area contributed by atoms with Gasteiger partial charge in [0, 0.05) is 0 Å². The van der Waals surface area contributed by atoms with Crippen LogP contribution in [0.25, 0.3) is 0 Å². The monoisotopic (exact) mass is 136 g/mol. The number of aliphatic hydroxyl groups excluding tert-OH is 1. The summed E-state index contributed by atoms with van der Waals surface area (Å²) in [6, 6.07) is 0. The SMILES string of the molecule is CC[N+](O)(O)CC(C)O. The largest absolute Gasteiger partial charge is 0.387 e. The molecule has 0 radical (unpaired) electrons. The van der Waals surface area contributed by atoms with E-state index in [1.54, 1.807) is 6.92 Å². The van der Waals surface area contributed by atoms with E-state index in [9.17, 15) is 0 Å². The second-order valence-corrected chi connectivity index (χ2v) is 2.23. The first-order valence-corrected chi connectivity index (χ1v) is 2.98. The second-order valence-electron chi connectivity index (χ2n) is 2.23. The van der Waals surface area contributed by atoms with Crippen molar-refractivity contribution in [1.29, 1.82) is 0 Å². The van der Waals surface area contributed by atoms with Crippen LogP contribution in [0.2, 0.25) is 0 Å². The Morgan fingerprint density at radius 2 is 1.89 bits per heavy atom. The van der Waals surface area contributed by atoms with E-state index in [4.69, 9.17) is 15.5 Å². The Hall–Kier alpha value is -0.160. The minimum Gasteiger partial charge on any atom is -0.387 e. The molecule has 0 spiro atoms. The van der Waals surface area contributed by atoms with Crippen molar-refractivity contribution in [2.24, 2.45) is 0 Å². The lowest BCUT2D eigenvalue weighted by atomic mass is 10.4. The van der Waals surface area contributed by atoms with Crippen molar-refractivity contribution < 1.29 is 20.3 Å². The predicted octanol–water partition coefficient (Wildman–Crippen LogP) is -0.0177. The minimum absolute atomic E-state index is 0.0451. The van der Waals surface area contributed by atoms with Crippen LogP contribution in [-0.2, 0) is 0 Å². The molecule has 56 valence electrons. The quantitative estimate of drug-likeness (QED) is 0.377. The van der Waals surface area contributed by atoms with Crippen LogP contribution in [0.1, 0.15) is 13.8 Å². The molecular weight excluding hydrogens is 122 g/mol. The molecule has 0 heterocycles. The summed E-state index contributed by atoms with van der Waals surface area (Å²) >= 11 is 0. The molecule has 0 fully saturated rings. The maximum atomic E-state index is 8.83. The Bertz CT molecular complexity index is 82.3. The third-order valence-electron chi connectivity index (χ3n) is 1.06. The van der Waals surface area contributed by atoms with Crippen LogP contribution in [-0.4, -0.2) is 39.5 Å². The zero-order valence-electron chi connectivity index (χ0n) is 5.78. The van der Waals surface area contributed by atoms with Gasteiger partial charge in [-0.15, -0.1) is 0 Å². The smallest absolute Gasteiger partial charge is 0.167 e. The molecule has 0 amide bonds. The van der Waals surface area contributed by atoms with Gasteiger partial charge < -0.3 is 5.11 Å². The molecule has 0 aliphatic carbocycles. The second kappa shape index (κ2) is 3.12. The van der Waals surface area contributed by atoms with Crippen LogP contribution in [0.3, 0.4) is 0 Å². The lowest BCUT2D eigenvalue weighted by molar-refractivity contribution is -1.24. The molecule has 0 aromatic rings. The van der Waals surface area contributed by atoms with Crippen LogP contribution in [0, 0.1) is 0 Å². The third-order valence-corrected chi connectivity index (χ3v) is 1.06. The molecule has 9 heavy (non-hydrogen) atoms. The summed E-state index contributed by atoms with van der Waals surface area (Å²) < 4.78 is 0. The van der Waals surface area contributed by atoms with E-state index in [2.05, 4.69) is 0 Å². The van der Waals surface area contributed by atoms with E-state index in [1.807, 2.05) is 0 Å². The van der Waals surface area contributed by atoms with Gasteiger partial charge in [-0.25, -0.2) is 0 Å². The fourth-order valence-electron chi connectivity index (χ4n) is 0.552. The van der Waals surface area contributed by atoms with Gasteiger partial charge in [0.25, 0.3) is 0 Å². The molecule has 4 heteroatoms. The molecule has 0 aromatic heterocycles. The Morgan fingerprint density at radius 1 is 1.44 bits per heavy atom. The molecule has 1 unspecified atom stereocenters. The molecular formula is C5H14NO3+.